The molecule has 3 unspecified atom stereocenters. The smallest absolute Gasteiger partial charge is 0.261 e. The minimum atomic E-state index is -3.77. The van der Waals surface area contributed by atoms with Crippen molar-refractivity contribution in [2.24, 2.45) is 11.8 Å². The molecule has 3 rings (SSSR count). The highest BCUT2D eigenvalue weighted by Crippen LogP contribution is 2.37. The van der Waals surface area contributed by atoms with Crippen LogP contribution in [0.5, 0.6) is 5.75 Å². The van der Waals surface area contributed by atoms with E-state index in [0.717, 1.165) is 6.42 Å². The van der Waals surface area contributed by atoms with Gasteiger partial charge in [0.25, 0.3) is 15.0 Å². The van der Waals surface area contributed by atoms with E-state index in [-0.39, 0.29) is 10.8 Å². The third kappa shape index (κ3) is 3.16. The predicted octanol–water partition coefficient (Wildman–Crippen LogP) is 1.69. The molecule has 2 aliphatic rings. The third-order valence-corrected chi connectivity index (χ3v) is 5.45. The number of halogens is 1. The molecule has 1 heterocycles. The van der Waals surface area contributed by atoms with Gasteiger partial charge in [0, 0.05) is 23.6 Å². The summed E-state index contributed by atoms with van der Waals surface area (Å²) in [6, 6.07) is 4.39. The molecule has 1 fully saturated rings. The van der Waals surface area contributed by atoms with Crippen LogP contribution >= 0.6 is 10.7 Å². The molecule has 1 aliphatic heterocycles. The molecule has 1 aromatic rings. The lowest BCUT2D eigenvalue weighted by Crippen LogP contribution is -2.38. The lowest BCUT2D eigenvalue weighted by Gasteiger charge is -2.10. The fourth-order valence-electron chi connectivity index (χ4n) is 2.55. The van der Waals surface area contributed by atoms with Crippen LogP contribution in [0.1, 0.15) is 18.9 Å². The molecule has 1 amide bonds. The van der Waals surface area contributed by atoms with Crippen LogP contribution in [0.15, 0.2) is 23.1 Å². The Morgan fingerprint density at radius 1 is 1.48 bits per heavy atom. The van der Waals surface area contributed by atoms with Crippen LogP contribution in [-0.2, 0) is 20.3 Å². The Morgan fingerprint density at radius 3 is 2.81 bits per heavy atom. The van der Waals surface area contributed by atoms with Crippen molar-refractivity contribution in [2.75, 3.05) is 6.54 Å². The van der Waals surface area contributed by atoms with Gasteiger partial charge in [-0.15, -0.1) is 0 Å². The zero-order chi connectivity index (χ0) is 15.2. The molecule has 1 N–H and O–H groups in total. The summed E-state index contributed by atoms with van der Waals surface area (Å²) in [5, 5.41) is 2.89. The first kappa shape index (κ1) is 14.7. The second-order valence-electron chi connectivity index (χ2n) is 5.74. The fourth-order valence-corrected chi connectivity index (χ4v) is 3.35. The minimum absolute atomic E-state index is 0.0272. The zero-order valence-corrected chi connectivity index (χ0v) is 13.1. The van der Waals surface area contributed by atoms with Gasteiger partial charge in [-0.2, -0.15) is 0 Å². The van der Waals surface area contributed by atoms with Crippen molar-refractivity contribution >= 4 is 25.6 Å². The zero-order valence-electron chi connectivity index (χ0n) is 11.5. The van der Waals surface area contributed by atoms with Gasteiger partial charge >= 0.3 is 0 Å². The van der Waals surface area contributed by atoms with Gasteiger partial charge in [0.2, 0.25) is 0 Å². The predicted molar refractivity (Wildman–Crippen MR) is 77.9 cm³/mol. The second kappa shape index (κ2) is 5.18. The van der Waals surface area contributed by atoms with Crippen LogP contribution in [0.3, 0.4) is 0 Å². The number of carbonyl (C=O) groups is 1. The molecule has 0 spiro atoms. The van der Waals surface area contributed by atoms with Crippen LogP contribution in [0.25, 0.3) is 0 Å². The summed E-state index contributed by atoms with van der Waals surface area (Å²) in [5.41, 5.74) is 0.691. The van der Waals surface area contributed by atoms with Crippen molar-refractivity contribution in [1.29, 1.82) is 0 Å². The van der Waals surface area contributed by atoms with Crippen LogP contribution in [0.4, 0.5) is 0 Å². The lowest BCUT2D eigenvalue weighted by molar-refractivity contribution is -0.127. The van der Waals surface area contributed by atoms with Gasteiger partial charge in [-0.05, 0) is 42.0 Å². The molecule has 0 aromatic heterocycles. The average molecular weight is 330 g/mol. The van der Waals surface area contributed by atoms with E-state index in [2.05, 4.69) is 12.2 Å². The molecule has 5 nitrogen and oxygen atoms in total. The number of fused-ring (bicyclic) bond motifs is 1. The van der Waals surface area contributed by atoms with Crippen LogP contribution in [-0.4, -0.2) is 27.0 Å². The molecule has 7 heteroatoms. The normalized spacial score (nSPS) is 26.9. The number of carbonyl (C=O) groups excluding carboxylic acids is 1. The van der Waals surface area contributed by atoms with Crippen molar-refractivity contribution < 1.29 is 17.9 Å². The topological polar surface area (TPSA) is 72.5 Å². The van der Waals surface area contributed by atoms with Crippen LogP contribution < -0.4 is 10.1 Å². The summed E-state index contributed by atoms with van der Waals surface area (Å²) in [6.07, 6.45) is 0.923. The summed E-state index contributed by atoms with van der Waals surface area (Å²) >= 11 is 0. The quantitative estimate of drug-likeness (QED) is 0.853. The first-order valence-corrected chi connectivity index (χ1v) is 9.17. The third-order valence-electron chi connectivity index (χ3n) is 4.10. The van der Waals surface area contributed by atoms with Gasteiger partial charge in [-0.25, -0.2) is 8.42 Å². The van der Waals surface area contributed by atoms with Crippen molar-refractivity contribution in [2.45, 2.75) is 30.8 Å². The van der Waals surface area contributed by atoms with E-state index in [0.29, 0.717) is 36.1 Å². The molecule has 1 saturated carbocycles. The van der Waals surface area contributed by atoms with Crippen molar-refractivity contribution in [3.05, 3.63) is 23.8 Å². The first-order valence-electron chi connectivity index (χ1n) is 6.86. The molecule has 21 heavy (non-hydrogen) atoms. The lowest BCUT2D eigenvalue weighted by atomic mass is 10.1. The summed E-state index contributed by atoms with van der Waals surface area (Å²) in [6.45, 7) is 2.84. The van der Waals surface area contributed by atoms with E-state index in [1.807, 2.05) is 0 Å². The van der Waals surface area contributed by atoms with E-state index in [4.69, 9.17) is 15.4 Å². The van der Waals surface area contributed by atoms with E-state index in [1.54, 1.807) is 6.07 Å². The highest BCUT2D eigenvalue weighted by Gasteiger charge is 2.35. The maximum Gasteiger partial charge on any atom is 0.261 e. The van der Waals surface area contributed by atoms with Crippen molar-refractivity contribution in [3.8, 4) is 5.75 Å². The van der Waals surface area contributed by atoms with Gasteiger partial charge in [0.15, 0.2) is 6.10 Å². The SMILES string of the molecule is CC1CC1CNC(=O)C1Cc2cc(S(=O)(=O)Cl)ccc2O1. The van der Waals surface area contributed by atoms with E-state index in [9.17, 15) is 13.2 Å². The van der Waals surface area contributed by atoms with E-state index < -0.39 is 15.2 Å². The highest BCUT2D eigenvalue weighted by atomic mass is 35.7. The molecule has 0 bridgehead atoms. The maximum atomic E-state index is 12.1. The van der Waals surface area contributed by atoms with Crippen molar-refractivity contribution in [3.63, 3.8) is 0 Å². The Labute approximate surface area is 128 Å². The Bertz CT molecular complexity index is 688. The Balaban J connectivity index is 1.65. The van der Waals surface area contributed by atoms with Gasteiger partial charge in [-0.3, -0.25) is 4.79 Å². The van der Waals surface area contributed by atoms with Crippen LogP contribution in [0, 0.1) is 11.8 Å². The van der Waals surface area contributed by atoms with Gasteiger partial charge in [0.1, 0.15) is 5.75 Å². The number of hydrogen-bond acceptors (Lipinski definition) is 4. The Hall–Kier alpha value is -1.27. The fraction of sp³-hybridized carbons (Fsp3) is 0.500. The summed E-state index contributed by atoms with van der Waals surface area (Å²) in [7, 11) is 1.55. The molecule has 3 atom stereocenters. The number of rotatable bonds is 4. The standard InChI is InChI=1S/C14H16ClNO4S/c1-8-4-10(8)7-16-14(17)13-6-9-5-11(21(15,18)19)2-3-12(9)20-13/h2-3,5,8,10,13H,4,6-7H2,1H3,(H,16,17). The molecule has 1 aromatic carbocycles. The Morgan fingerprint density at radius 2 is 2.19 bits per heavy atom. The average Bonchev–Trinajstić information content (AvgIpc) is 2.96. The van der Waals surface area contributed by atoms with Gasteiger partial charge in [0.05, 0.1) is 4.90 Å². The number of amides is 1. The maximum absolute atomic E-state index is 12.1. The number of benzene rings is 1. The molecule has 0 saturated heterocycles. The first-order chi connectivity index (χ1) is 9.84. The summed E-state index contributed by atoms with van der Waals surface area (Å²) in [5.74, 6) is 1.65. The van der Waals surface area contributed by atoms with Crippen molar-refractivity contribution in [1.82, 2.24) is 5.32 Å². The van der Waals surface area contributed by atoms with Gasteiger partial charge < -0.3 is 10.1 Å². The number of hydrogen-bond donors (Lipinski definition) is 1. The molecular formula is C14H16ClNO4S. The number of ether oxygens (including phenoxy) is 1. The minimum Gasteiger partial charge on any atom is -0.480 e. The van der Waals surface area contributed by atoms with Gasteiger partial charge in [-0.1, -0.05) is 6.92 Å². The summed E-state index contributed by atoms with van der Waals surface area (Å²) < 4.78 is 28.2. The Kier molecular flexibility index (Phi) is 3.61. The monoisotopic (exact) mass is 329 g/mol. The largest absolute Gasteiger partial charge is 0.480 e. The second-order valence-corrected chi connectivity index (χ2v) is 8.30. The molecular weight excluding hydrogens is 314 g/mol. The van der Waals surface area contributed by atoms with E-state index >= 15 is 0 Å². The van der Waals surface area contributed by atoms with Crippen LogP contribution in [0.2, 0.25) is 0 Å². The van der Waals surface area contributed by atoms with E-state index in [1.165, 1.54) is 12.1 Å². The highest BCUT2D eigenvalue weighted by molar-refractivity contribution is 8.13. The number of nitrogens with one attached hydrogen (secondary N) is 1. The summed E-state index contributed by atoms with van der Waals surface area (Å²) in [4.78, 5) is 12.1. The molecule has 114 valence electrons. The molecule has 1 aliphatic carbocycles. The molecule has 0 radical (unpaired) electrons.